The number of halogens is 1. The second-order valence-corrected chi connectivity index (χ2v) is 5.93. The van der Waals surface area contributed by atoms with E-state index in [0.717, 1.165) is 16.9 Å². The fourth-order valence-electron chi connectivity index (χ4n) is 2.36. The second-order valence-electron chi connectivity index (χ2n) is 5.93. The Hall–Kier alpha value is -1.76. The van der Waals surface area contributed by atoms with Crippen LogP contribution in [0, 0.1) is 0 Å². The van der Waals surface area contributed by atoms with Crippen LogP contribution in [-0.2, 0) is 13.2 Å². The molecule has 0 unspecified atom stereocenters. The van der Waals surface area contributed by atoms with E-state index in [4.69, 9.17) is 10.5 Å². The number of aliphatic imine (C=N–C) groups is 1. The van der Waals surface area contributed by atoms with Gasteiger partial charge in [-0.2, -0.15) is 0 Å². The fourth-order valence-corrected chi connectivity index (χ4v) is 2.36. The van der Waals surface area contributed by atoms with Crippen molar-refractivity contribution in [2.75, 3.05) is 7.05 Å². The van der Waals surface area contributed by atoms with Gasteiger partial charge in [0, 0.05) is 13.1 Å². The average Bonchev–Trinajstić information content (AvgIpc) is 3.44. The number of nitrogens with two attached hydrogens (primary N) is 1. The van der Waals surface area contributed by atoms with Gasteiger partial charge in [-0.05, 0) is 36.1 Å². The maximum atomic E-state index is 6.00. The van der Waals surface area contributed by atoms with E-state index in [1.165, 1.54) is 12.8 Å². The monoisotopic (exact) mass is 437 g/mol. The lowest BCUT2D eigenvalue weighted by atomic mass is 10.2. The van der Waals surface area contributed by atoms with Gasteiger partial charge in [-0.15, -0.1) is 24.0 Å². The lowest BCUT2D eigenvalue weighted by Gasteiger charge is -2.16. The van der Waals surface area contributed by atoms with Gasteiger partial charge in [-0.25, -0.2) is 4.99 Å². The van der Waals surface area contributed by atoms with Crippen LogP contribution in [0.1, 0.15) is 24.0 Å². The third-order valence-electron chi connectivity index (χ3n) is 4.05. The normalized spacial score (nSPS) is 14.0. The standard InChI is InChI=1S/C19H23N3O.HI/c1-22(17-9-10-17)19(20)21-13-15-7-11-18(12-8-15)23-14-16-5-3-2-4-6-16;/h2-8,11-12,17H,9-10,13-14H2,1H3,(H2,20,21);1H. The van der Waals surface area contributed by atoms with E-state index < -0.39 is 0 Å². The Morgan fingerprint density at radius 3 is 2.38 bits per heavy atom. The summed E-state index contributed by atoms with van der Waals surface area (Å²) >= 11 is 0. The summed E-state index contributed by atoms with van der Waals surface area (Å²) in [7, 11) is 2.01. The van der Waals surface area contributed by atoms with Crippen molar-refractivity contribution in [2.45, 2.75) is 32.0 Å². The summed E-state index contributed by atoms with van der Waals surface area (Å²) in [6.45, 7) is 1.18. The van der Waals surface area contributed by atoms with Crippen LogP contribution < -0.4 is 10.5 Å². The van der Waals surface area contributed by atoms with Gasteiger partial charge < -0.3 is 15.4 Å². The first kappa shape index (κ1) is 18.6. The number of rotatable bonds is 6. The van der Waals surface area contributed by atoms with Crippen molar-refractivity contribution in [3.05, 3.63) is 65.7 Å². The highest BCUT2D eigenvalue weighted by atomic mass is 127. The van der Waals surface area contributed by atoms with Gasteiger partial charge in [0.15, 0.2) is 5.96 Å². The summed E-state index contributed by atoms with van der Waals surface area (Å²) in [4.78, 5) is 6.53. The van der Waals surface area contributed by atoms with E-state index in [1.54, 1.807) is 0 Å². The first-order chi connectivity index (χ1) is 11.2. The van der Waals surface area contributed by atoms with Crippen molar-refractivity contribution in [1.82, 2.24) is 4.90 Å². The van der Waals surface area contributed by atoms with Crippen LogP contribution in [0.15, 0.2) is 59.6 Å². The molecule has 0 amide bonds. The first-order valence-electron chi connectivity index (χ1n) is 8.01. The number of benzene rings is 2. The molecule has 2 N–H and O–H groups in total. The van der Waals surface area contributed by atoms with Gasteiger partial charge in [-0.1, -0.05) is 42.5 Å². The van der Waals surface area contributed by atoms with Crippen LogP contribution in [0.5, 0.6) is 5.75 Å². The van der Waals surface area contributed by atoms with Crippen molar-refractivity contribution in [2.24, 2.45) is 10.7 Å². The number of hydrogen-bond donors (Lipinski definition) is 1. The van der Waals surface area contributed by atoms with Crippen molar-refractivity contribution in [3.63, 3.8) is 0 Å². The van der Waals surface area contributed by atoms with Gasteiger partial charge in [0.1, 0.15) is 12.4 Å². The highest BCUT2D eigenvalue weighted by molar-refractivity contribution is 14.0. The molecule has 0 aliphatic heterocycles. The van der Waals surface area contributed by atoms with E-state index in [9.17, 15) is 0 Å². The predicted molar refractivity (Wildman–Crippen MR) is 109 cm³/mol. The van der Waals surface area contributed by atoms with Gasteiger partial charge in [0.25, 0.3) is 0 Å². The average molecular weight is 437 g/mol. The van der Waals surface area contributed by atoms with Gasteiger partial charge in [-0.3, -0.25) is 0 Å². The Balaban J connectivity index is 0.00000208. The molecule has 0 heterocycles. The highest BCUT2D eigenvalue weighted by Gasteiger charge is 2.27. The topological polar surface area (TPSA) is 50.8 Å². The summed E-state index contributed by atoms with van der Waals surface area (Å²) in [5.41, 5.74) is 8.29. The minimum absolute atomic E-state index is 0. The predicted octanol–water partition coefficient (Wildman–Crippen LogP) is 3.79. The Morgan fingerprint density at radius 2 is 1.75 bits per heavy atom. The number of guanidine groups is 1. The Kier molecular flexibility index (Phi) is 6.90. The van der Waals surface area contributed by atoms with E-state index in [-0.39, 0.29) is 24.0 Å². The van der Waals surface area contributed by atoms with Crippen LogP contribution in [0.3, 0.4) is 0 Å². The quantitative estimate of drug-likeness (QED) is 0.425. The van der Waals surface area contributed by atoms with Crippen LogP contribution >= 0.6 is 24.0 Å². The molecule has 1 fully saturated rings. The molecular weight excluding hydrogens is 413 g/mol. The Labute approximate surface area is 160 Å². The molecule has 1 saturated carbocycles. The third-order valence-corrected chi connectivity index (χ3v) is 4.05. The molecule has 0 saturated heterocycles. The van der Waals surface area contributed by atoms with Gasteiger partial charge in [0.2, 0.25) is 0 Å². The molecule has 24 heavy (non-hydrogen) atoms. The van der Waals surface area contributed by atoms with Crippen molar-refractivity contribution in [1.29, 1.82) is 0 Å². The third kappa shape index (κ3) is 5.40. The largest absolute Gasteiger partial charge is 0.489 e. The van der Waals surface area contributed by atoms with E-state index in [1.807, 2.05) is 49.5 Å². The zero-order valence-electron chi connectivity index (χ0n) is 13.9. The van der Waals surface area contributed by atoms with Crippen molar-refractivity contribution < 1.29 is 4.74 Å². The number of ether oxygens (including phenoxy) is 1. The summed E-state index contributed by atoms with van der Waals surface area (Å²) in [5.74, 6) is 1.49. The maximum absolute atomic E-state index is 6.00. The smallest absolute Gasteiger partial charge is 0.191 e. The zero-order chi connectivity index (χ0) is 16.1. The molecule has 3 rings (SSSR count). The zero-order valence-corrected chi connectivity index (χ0v) is 16.2. The molecule has 0 atom stereocenters. The minimum Gasteiger partial charge on any atom is -0.489 e. The van der Waals surface area contributed by atoms with Crippen LogP contribution in [0.2, 0.25) is 0 Å². The fraction of sp³-hybridized carbons (Fsp3) is 0.316. The molecule has 0 bridgehead atoms. The molecule has 0 radical (unpaired) electrons. The van der Waals surface area contributed by atoms with Crippen LogP contribution in [-0.4, -0.2) is 23.9 Å². The number of hydrogen-bond acceptors (Lipinski definition) is 2. The van der Waals surface area contributed by atoms with E-state index >= 15 is 0 Å². The summed E-state index contributed by atoms with van der Waals surface area (Å²) in [5, 5.41) is 0. The Bertz CT molecular complexity index is 654. The minimum atomic E-state index is 0. The maximum Gasteiger partial charge on any atom is 0.191 e. The molecule has 128 valence electrons. The summed E-state index contributed by atoms with van der Waals surface area (Å²) in [6, 6.07) is 18.8. The lowest BCUT2D eigenvalue weighted by molar-refractivity contribution is 0.306. The van der Waals surface area contributed by atoms with Crippen LogP contribution in [0.25, 0.3) is 0 Å². The SMILES string of the molecule is CN(C(N)=NCc1ccc(OCc2ccccc2)cc1)C1CC1.I. The Morgan fingerprint density at radius 1 is 1.08 bits per heavy atom. The number of nitrogens with zero attached hydrogens (tertiary/aromatic N) is 2. The van der Waals surface area contributed by atoms with Gasteiger partial charge in [0.05, 0.1) is 6.54 Å². The molecule has 1 aliphatic carbocycles. The molecule has 4 nitrogen and oxygen atoms in total. The van der Waals surface area contributed by atoms with Crippen molar-refractivity contribution >= 4 is 29.9 Å². The van der Waals surface area contributed by atoms with E-state index in [0.29, 0.717) is 25.2 Å². The highest BCUT2D eigenvalue weighted by Crippen LogP contribution is 2.25. The molecule has 0 aromatic heterocycles. The van der Waals surface area contributed by atoms with E-state index in [2.05, 4.69) is 22.0 Å². The molecule has 2 aromatic carbocycles. The summed E-state index contributed by atoms with van der Waals surface area (Å²) in [6.07, 6.45) is 2.44. The molecule has 2 aromatic rings. The van der Waals surface area contributed by atoms with Crippen molar-refractivity contribution in [3.8, 4) is 5.75 Å². The van der Waals surface area contributed by atoms with Crippen LogP contribution in [0.4, 0.5) is 0 Å². The lowest BCUT2D eigenvalue weighted by Crippen LogP contribution is -2.35. The molecular formula is C19H24IN3O. The first-order valence-corrected chi connectivity index (χ1v) is 8.01. The molecule has 1 aliphatic rings. The van der Waals surface area contributed by atoms with Gasteiger partial charge >= 0.3 is 0 Å². The molecule has 5 heteroatoms. The second kappa shape index (κ2) is 8.92. The molecule has 0 spiro atoms. The summed E-state index contributed by atoms with van der Waals surface area (Å²) < 4.78 is 5.78.